The Kier molecular flexibility index (Phi) is 4.03. The maximum absolute atomic E-state index is 12.1. The summed E-state index contributed by atoms with van der Waals surface area (Å²) in [6.07, 6.45) is 3.04. The van der Waals surface area contributed by atoms with E-state index in [2.05, 4.69) is 9.97 Å². The van der Waals surface area contributed by atoms with Crippen molar-refractivity contribution in [2.75, 3.05) is 0 Å². The monoisotopic (exact) mass is 322 g/mol. The molecule has 0 atom stereocenters. The molecule has 0 aliphatic heterocycles. The number of hydrogen-bond acceptors (Lipinski definition) is 4. The molecular weight excluding hydrogens is 308 g/mol. The fraction of sp³-hybridized carbons (Fsp3) is 0. The van der Waals surface area contributed by atoms with Crippen molar-refractivity contribution in [3.05, 3.63) is 91.1 Å². The van der Waals surface area contributed by atoms with Gasteiger partial charge in [0.05, 0.1) is 0 Å². The van der Waals surface area contributed by atoms with Crippen LogP contribution in [0.4, 0.5) is 0 Å². The molecule has 0 spiro atoms. The van der Waals surface area contributed by atoms with Crippen LogP contribution in [-0.2, 0) is 0 Å². The second kappa shape index (κ2) is 6.29. The molecule has 3 rings (SSSR count). The van der Waals surface area contributed by atoms with Crippen molar-refractivity contribution in [2.45, 2.75) is 0 Å². The molecule has 0 radical (unpaired) electrons. The second-order valence-electron chi connectivity index (χ2n) is 5.21. The number of aromatic hydroxyl groups is 2. The number of benzene rings is 2. The molecule has 0 aliphatic rings. The van der Waals surface area contributed by atoms with Gasteiger partial charge in [0.25, 0.3) is 11.1 Å². The van der Waals surface area contributed by atoms with E-state index in [0.29, 0.717) is 11.1 Å². The van der Waals surface area contributed by atoms with Gasteiger partial charge < -0.3 is 20.2 Å². The molecular formula is C18H14N2O4. The number of H-pyrrole nitrogens is 2. The molecule has 1 aromatic heterocycles. The van der Waals surface area contributed by atoms with E-state index in [1.165, 1.54) is 36.4 Å². The van der Waals surface area contributed by atoms with Crippen molar-refractivity contribution in [1.29, 1.82) is 0 Å². The quantitative estimate of drug-likeness (QED) is 0.538. The van der Waals surface area contributed by atoms with Gasteiger partial charge in [-0.15, -0.1) is 0 Å². The zero-order valence-electron chi connectivity index (χ0n) is 12.5. The molecule has 6 heteroatoms. The summed E-state index contributed by atoms with van der Waals surface area (Å²) in [5, 5.41) is 18.7. The summed E-state index contributed by atoms with van der Waals surface area (Å²) < 4.78 is 0. The lowest BCUT2D eigenvalue weighted by molar-refractivity contribution is 0.474. The largest absolute Gasteiger partial charge is 0.508 e. The van der Waals surface area contributed by atoms with Gasteiger partial charge in [-0.2, -0.15) is 0 Å². The fourth-order valence-corrected chi connectivity index (χ4v) is 2.17. The van der Waals surface area contributed by atoms with Gasteiger partial charge in [0.2, 0.25) is 0 Å². The summed E-state index contributed by atoms with van der Waals surface area (Å²) in [4.78, 5) is 29.4. The van der Waals surface area contributed by atoms with Crippen LogP contribution in [0.15, 0.2) is 58.1 Å². The number of phenolic OH excluding ortho intramolecular Hbond substituents is 2. The van der Waals surface area contributed by atoms with Gasteiger partial charge in [-0.05, 0) is 47.5 Å². The zero-order valence-corrected chi connectivity index (χ0v) is 12.5. The van der Waals surface area contributed by atoms with Crippen LogP contribution in [0.3, 0.4) is 0 Å². The highest BCUT2D eigenvalue weighted by molar-refractivity contribution is 5.50. The van der Waals surface area contributed by atoms with E-state index in [9.17, 15) is 19.8 Å². The Balaban J connectivity index is 2.09. The van der Waals surface area contributed by atoms with Gasteiger partial charge in [-0.3, -0.25) is 9.59 Å². The molecule has 0 amide bonds. The van der Waals surface area contributed by atoms with Crippen LogP contribution in [-0.4, -0.2) is 20.2 Å². The third-order valence-electron chi connectivity index (χ3n) is 3.39. The zero-order chi connectivity index (χ0) is 17.1. The predicted octanol–water partition coefficient (Wildman–Crippen LogP) is 0.132. The van der Waals surface area contributed by atoms with Crippen LogP contribution in [0.1, 0.15) is 11.1 Å². The van der Waals surface area contributed by atoms with Gasteiger partial charge in [0, 0.05) is 0 Å². The summed E-state index contributed by atoms with van der Waals surface area (Å²) in [7, 11) is 0. The van der Waals surface area contributed by atoms with Crippen LogP contribution in [0.5, 0.6) is 11.5 Å². The summed E-state index contributed by atoms with van der Waals surface area (Å²) in [6, 6.07) is 12.5. The number of rotatable bonds is 2. The van der Waals surface area contributed by atoms with Gasteiger partial charge in [0.15, 0.2) is 0 Å². The SMILES string of the molecule is O=c1[nH]/c(=C\c2ccc(O)cc2)c(=O)[nH]/c1=C\c1ccc(O)cc1. The molecule has 4 N–H and O–H groups in total. The summed E-state index contributed by atoms with van der Waals surface area (Å²) >= 11 is 0. The fourth-order valence-electron chi connectivity index (χ4n) is 2.17. The van der Waals surface area contributed by atoms with Gasteiger partial charge >= 0.3 is 0 Å². The molecule has 2 aromatic carbocycles. The highest BCUT2D eigenvalue weighted by Crippen LogP contribution is 2.10. The molecule has 0 aliphatic carbocycles. The van der Waals surface area contributed by atoms with Crippen molar-refractivity contribution in [3.8, 4) is 11.5 Å². The van der Waals surface area contributed by atoms with Crippen LogP contribution >= 0.6 is 0 Å². The molecule has 0 saturated carbocycles. The third kappa shape index (κ3) is 3.44. The molecule has 0 unspecified atom stereocenters. The minimum Gasteiger partial charge on any atom is -0.508 e. The number of hydrogen-bond donors (Lipinski definition) is 4. The molecule has 0 bridgehead atoms. The first kappa shape index (κ1) is 15.4. The first-order valence-electron chi connectivity index (χ1n) is 7.15. The molecule has 120 valence electrons. The van der Waals surface area contributed by atoms with E-state index in [0.717, 1.165) is 0 Å². The third-order valence-corrected chi connectivity index (χ3v) is 3.39. The molecule has 1 heterocycles. The predicted molar refractivity (Wildman–Crippen MR) is 90.3 cm³/mol. The lowest BCUT2D eigenvalue weighted by Crippen LogP contribution is -2.46. The van der Waals surface area contributed by atoms with Crippen molar-refractivity contribution in [2.24, 2.45) is 0 Å². The second-order valence-corrected chi connectivity index (χ2v) is 5.21. The Morgan fingerprint density at radius 2 is 0.958 bits per heavy atom. The number of aromatic nitrogens is 2. The first-order valence-corrected chi connectivity index (χ1v) is 7.15. The van der Waals surface area contributed by atoms with E-state index in [-0.39, 0.29) is 22.2 Å². The van der Waals surface area contributed by atoms with Gasteiger partial charge in [-0.1, -0.05) is 24.3 Å². The van der Waals surface area contributed by atoms with Crippen LogP contribution in [0, 0.1) is 0 Å². The van der Waals surface area contributed by atoms with Crippen LogP contribution < -0.4 is 21.8 Å². The average Bonchev–Trinajstić information content (AvgIpc) is 2.56. The van der Waals surface area contributed by atoms with Crippen molar-refractivity contribution >= 4 is 12.2 Å². The number of aromatic amines is 2. The van der Waals surface area contributed by atoms with E-state index < -0.39 is 11.1 Å². The van der Waals surface area contributed by atoms with E-state index >= 15 is 0 Å². The highest BCUT2D eigenvalue weighted by Gasteiger charge is 1.97. The lowest BCUT2D eigenvalue weighted by Gasteiger charge is -1.95. The first-order chi connectivity index (χ1) is 11.5. The minimum atomic E-state index is -0.437. The smallest absolute Gasteiger partial charge is 0.272 e. The van der Waals surface area contributed by atoms with Crippen LogP contribution in [0.2, 0.25) is 0 Å². The van der Waals surface area contributed by atoms with E-state index in [1.807, 2.05) is 0 Å². The van der Waals surface area contributed by atoms with Crippen LogP contribution in [0.25, 0.3) is 12.2 Å². The summed E-state index contributed by atoms with van der Waals surface area (Å²) in [6.45, 7) is 0. The molecule has 6 nitrogen and oxygen atoms in total. The normalized spacial score (nSPS) is 12.5. The molecule has 0 saturated heterocycles. The summed E-state index contributed by atoms with van der Waals surface area (Å²) in [5.74, 6) is 0.238. The molecule has 24 heavy (non-hydrogen) atoms. The Morgan fingerprint density at radius 3 is 1.29 bits per heavy atom. The van der Waals surface area contributed by atoms with Crippen molar-refractivity contribution < 1.29 is 10.2 Å². The van der Waals surface area contributed by atoms with E-state index in [4.69, 9.17) is 0 Å². The Morgan fingerprint density at radius 1 is 0.625 bits per heavy atom. The van der Waals surface area contributed by atoms with Gasteiger partial charge in [-0.25, -0.2) is 0 Å². The van der Waals surface area contributed by atoms with Crippen molar-refractivity contribution in [3.63, 3.8) is 0 Å². The number of nitrogens with one attached hydrogen (secondary N) is 2. The minimum absolute atomic E-state index is 0.119. The average molecular weight is 322 g/mol. The number of phenols is 2. The van der Waals surface area contributed by atoms with Gasteiger partial charge in [0.1, 0.15) is 22.2 Å². The lowest BCUT2D eigenvalue weighted by atomic mass is 10.2. The Bertz CT molecular complexity index is 1000. The molecule has 0 fully saturated rings. The van der Waals surface area contributed by atoms with E-state index in [1.54, 1.807) is 24.3 Å². The van der Waals surface area contributed by atoms with Crippen molar-refractivity contribution in [1.82, 2.24) is 9.97 Å². The standard InChI is InChI=1S/C18H14N2O4/c21-13-5-1-11(2-6-13)9-15-17(23)20-16(18(24)19-15)10-12-3-7-14(22)8-4-12/h1-10,21-22H,(H,19,24)(H,20,23)/b15-9-,16-10-. The maximum Gasteiger partial charge on any atom is 0.272 e. The summed E-state index contributed by atoms with van der Waals surface area (Å²) in [5.41, 5.74) is 0.467. The molecule has 3 aromatic rings. The Hall–Kier alpha value is -3.54. The Labute approximate surface area is 135 Å². The maximum atomic E-state index is 12.1. The topological polar surface area (TPSA) is 106 Å². The highest BCUT2D eigenvalue weighted by atomic mass is 16.3.